The summed E-state index contributed by atoms with van der Waals surface area (Å²) in [4.78, 5) is 11.2. The number of phenolic OH excluding ortho intramolecular Hbond substituents is 1. The molecule has 1 unspecified atom stereocenters. The molecule has 1 aromatic carbocycles. The molecule has 5 heteroatoms. The molecule has 1 atom stereocenters. The van der Waals surface area contributed by atoms with E-state index in [1.165, 1.54) is 25.8 Å². The number of halogens is 1. The second kappa shape index (κ2) is 6.26. The van der Waals surface area contributed by atoms with Gasteiger partial charge in [0.2, 0.25) is 5.91 Å². The molecule has 1 aliphatic rings. The van der Waals surface area contributed by atoms with Gasteiger partial charge in [-0.15, -0.1) is 0 Å². The van der Waals surface area contributed by atoms with E-state index >= 15 is 0 Å². The fourth-order valence-electron chi connectivity index (χ4n) is 2.47. The maximum Gasteiger partial charge on any atom is 0.221 e. The predicted octanol–water partition coefficient (Wildman–Crippen LogP) is 2.69. The van der Waals surface area contributed by atoms with Gasteiger partial charge in [0.15, 0.2) is 0 Å². The van der Waals surface area contributed by atoms with Crippen LogP contribution in [0.2, 0.25) is 5.02 Å². The van der Waals surface area contributed by atoms with Gasteiger partial charge in [-0.1, -0.05) is 18.0 Å². The molecular weight excluding hydrogens is 264 g/mol. The number of piperidine rings is 1. The fraction of sp³-hybridized carbons (Fsp3) is 0.500. The third kappa shape index (κ3) is 3.61. The first-order chi connectivity index (χ1) is 9.08. The quantitative estimate of drug-likeness (QED) is 0.747. The van der Waals surface area contributed by atoms with Crippen molar-refractivity contribution >= 4 is 23.2 Å². The summed E-state index contributed by atoms with van der Waals surface area (Å²) < 4.78 is 0. The molecule has 4 nitrogen and oxygen atoms in total. The summed E-state index contributed by atoms with van der Waals surface area (Å²) in [7, 11) is 0. The fourth-order valence-corrected chi connectivity index (χ4v) is 2.70. The average Bonchev–Trinajstić information content (AvgIpc) is 2.39. The molecule has 1 aromatic rings. The van der Waals surface area contributed by atoms with E-state index in [1.807, 2.05) is 0 Å². The van der Waals surface area contributed by atoms with Crippen molar-refractivity contribution in [3.63, 3.8) is 0 Å². The van der Waals surface area contributed by atoms with E-state index in [0.717, 1.165) is 18.5 Å². The van der Waals surface area contributed by atoms with Gasteiger partial charge in [-0.05, 0) is 43.5 Å². The van der Waals surface area contributed by atoms with Crippen LogP contribution in [0.1, 0.15) is 31.7 Å². The number of anilines is 1. The highest BCUT2D eigenvalue weighted by Gasteiger charge is 2.19. The van der Waals surface area contributed by atoms with Crippen LogP contribution in [-0.4, -0.2) is 23.6 Å². The maximum atomic E-state index is 11.2. The second-order valence-corrected chi connectivity index (χ2v) is 5.36. The van der Waals surface area contributed by atoms with Crippen LogP contribution in [0.4, 0.5) is 5.69 Å². The van der Waals surface area contributed by atoms with E-state index in [4.69, 9.17) is 11.6 Å². The van der Waals surface area contributed by atoms with Gasteiger partial charge >= 0.3 is 0 Å². The van der Waals surface area contributed by atoms with Gasteiger partial charge in [0.25, 0.3) is 0 Å². The maximum absolute atomic E-state index is 11.2. The van der Waals surface area contributed by atoms with E-state index in [9.17, 15) is 9.90 Å². The molecule has 0 aliphatic carbocycles. The van der Waals surface area contributed by atoms with Crippen LogP contribution < -0.4 is 10.6 Å². The number of carbonyl (C=O) groups is 1. The molecular formula is C14H19ClN2O2. The van der Waals surface area contributed by atoms with E-state index in [0.29, 0.717) is 23.2 Å². The molecule has 0 aromatic heterocycles. The lowest BCUT2D eigenvalue weighted by atomic mass is 9.96. The van der Waals surface area contributed by atoms with Gasteiger partial charge in [0.05, 0.1) is 5.69 Å². The summed E-state index contributed by atoms with van der Waals surface area (Å²) in [6.45, 7) is 2.43. The Hall–Kier alpha value is -1.26. The van der Waals surface area contributed by atoms with Crippen LogP contribution in [0.5, 0.6) is 5.75 Å². The summed E-state index contributed by atoms with van der Waals surface area (Å²) in [5.41, 5.74) is 1.24. The molecule has 1 aliphatic heterocycles. The number of carbonyl (C=O) groups excluding carboxylic acids is 1. The third-order valence-corrected chi connectivity index (χ3v) is 3.75. The lowest BCUT2D eigenvalue weighted by Gasteiger charge is -2.25. The predicted molar refractivity (Wildman–Crippen MR) is 76.8 cm³/mol. The van der Waals surface area contributed by atoms with Crippen molar-refractivity contribution in [2.75, 3.05) is 11.9 Å². The van der Waals surface area contributed by atoms with E-state index in [-0.39, 0.29) is 11.7 Å². The van der Waals surface area contributed by atoms with Crippen LogP contribution in [0.15, 0.2) is 12.1 Å². The smallest absolute Gasteiger partial charge is 0.221 e. The van der Waals surface area contributed by atoms with E-state index in [2.05, 4.69) is 10.6 Å². The molecule has 1 heterocycles. The Labute approximate surface area is 118 Å². The van der Waals surface area contributed by atoms with Crippen LogP contribution >= 0.6 is 11.6 Å². The first kappa shape index (κ1) is 14.2. The van der Waals surface area contributed by atoms with Gasteiger partial charge in [0, 0.05) is 18.0 Å². The van der Waals surface area contributed by atoms with Crippen molar-refractivity contribution in [2.45, 2.75) is 38.6 Å². The Bertz CT molecular complexity index is 471. The average molecular weight is 283 g/mol. The minimum absolute atomic E-state index is 0.0606. The summed E-state index contributed by atoms with van der Waals surface area (Å²) in [6.07, 6.45) is 4.20. The third-order valence-electron chi connectivity index (χ3n) is 3.40. The number of hydrogen-bond donors (Lipinski definition) is 3. The van der Waals surface area contributed by atoms with E-state index in [1.54, 1.807) is 6.07 Å². The Morgan fingerprint density at radius 3 is 2.95 bits per heavy atom. The lowest BCUT2D eigenvalue weighted by molar-refractivity contribution is -0.114. The number of nitrogens with one attached hydrogen (secondary N) is 2. The minimum Gasteiger partial charge on any atom is -0.506 e. The molecule has 2 rings (SSSR count). The zero-order valence-corrected chi connectivity index (χ0v) is 11.8. The standard InChI is InChI=1S/C14H19ClN2O2/c1-9(18)17-14-11(12(15)5-6-13(14)19)8-10-4-2-3-7-16-10/h5-6,10,16,19H,2-4,7-8H2,1H3,(H,17,18). The highest BCUT2D eigenvalue weighted by Crippen LogP contribution is 2.34. The largest absolute Gasteiger partial charge is 0.506 e. The highest BCUT2D eigenvalue weighted by atomic mass is 35.5. The summed E-state index contributed by atoms with van der Waals surface area (Å²) >= 11 is 6.21. The summed E-state index contributed by atoms with van der Waals surface area (Å²) in [6, 6.07) is 3.52. The molecule has 104 valence electrons. The van der Waals surface area contributed by atoms with Crippen LogP contribution in [0.3, 0.4) is 0 Å². The van der Waals surface area contributed by atoms with Crippen molar-refractivity contribution in [1.29, 1.82) is 0 Å². The number of rotatable bonds is 3. The van der Waals surface area contributed by atoms with Gasteiger partial charge in [0.1, 0.15) is 5.75 Å². The van der Waals surface area contributed by atoms with Gasteiger partial charge in [-0.2, -0.15) is 0 Å². The minimum atomic E-state index is -0.213. The molecule has 1 amide bonds. The van der Waals surface area contributed by atoms with Crippen LogP contribution in [-0.2, 0) is 11.2 Å². The van der Waals surface area contributed by atoms with Crippen molar-refractivity contribution in [3.05, 3.63) is 22.7 Å². The van der Waals surface area contributed by atoms with Crippen LogP contribution in [0, 0.1) is 0 Å². The Balaban J connectivity index is 2.25. The lowest BCUT2D eigenvalue weighted by Crippen LogP contribution is -2.35. The van der Waals surface area contributed by atoms with Crippen molar-refractivity contribution in [2.24, 2.45) is 0 Å². The summed E-state index contributed by atoms with van der Waals surface area (Å²) in [5, 5.41) is 16.6. The molecule has 19 heavy (non-hydrogen) atoms. The molecule has 0 spiro atoms. The Morgan fingerprint density at radius 2 is 2.32 bits per heavy atom. The normalized spacial score (nSPS) is 19.2. The first-order valence-electron chi connectivity index (χ1n) is 6.59. The first-order valence-corrected chi connectivity index (χ1v) is 6.97. The van der Waals surface area contributed by atoms with Crippen LogP contribution in [0.25, 0.3) is 0 Å². The number of benzene rings is 1. The number of hydrogen-bond acceptors (Lipinski definition) is 3. The molecule has 3 N–H and O–H groups in total. The molecule has 1 fully saturated rings. The molecule has 0 bridgehead atoms. The van der Waals surface area contributed by atoms with Gasteiger partial charge in [-0.3, -0.25) is 4.79 Å². The Morgan fingerprint density at radius 1 is 1.53 bits per heavy atom. The Kier molecular flexibility index (Phi) is 4.66. The van der Waals surface area contributed by atoms with Gasteiger partial charge < -0.3 is 15.7 Å². The number of phenols is 1. The SMILES string of the molecule is CC(=O)Nc1c(O)ccc(Cl)c1CC1CCCCN1. The molecule has 0 radical (unpaired) electrons. The van der Waals surface area contributed by atoms with Crippen molar-refractivity contribution in [3.8, 4) is 5.75 Å². The molecule has 1 saturated heterocycles. The highest BCUT2D eigenvalue weighted by molar-refractivity contribution is 6.32. The second-order valence-electron chi connectivity index (χ2n) is 4.95. The van der Waals surface area contributed by atoms with E-state index < -0.39 is 0 Å². The number of aromatic hydroxyl groups is 1. The zero-order valence-electron chi connectivity index (χ0n) is 11.0. The molecule has 0 saturated carbocycles. The topological polar surface area (TPSA) is 61.4 Å². The van der Waals surface area contributed by atoms with Gasteiger partial charge in [-0.25, -0.2) is 0 Å². The number of amides is 1. The zero-order chi connectivity index (χ0) is 13.8. The monoisotopic (exact) mass is 282 g/mol. The van der Waals surface area contributed by atoms with Crippen molar-refractivity contribution in [1.82, 2.24) is 5.32 Å². The van der Waals surface area contributed by atoms with Crippen molar-refractivity contribution < 1.29 is 9.90 Å². The summed E-state index contributed by atoms with van der Waals surface area (Å²) in [5.74, 6) is -0.152.